The number of hydrazine groups is 1. The van der Waals surface area contributed by atoms with Gasteiger partial charge in [-0.25, -0.2) is 0 Å². The lowest BCUT2D eigenvalue weighted by atomic mass is 9.98. The van der Waals surface area contributed by atoms with Crippen LogP contribution >= 0.6 is 23.2 Å². The minimum Gasteiger partial charge on any atom is -0.340 e. The summed E-state index contributed by atoms with van der Waals surface area (Å²) in [5, 5.41) is 3.26. The van der Waals surface area contributed by atoms with Gasteiger partial charge >= 0.3 is 0 Å². The monoisotopic (exact) mass is 421 g/mol. The van der Waals surface area contributed by atoms with Crippen molar-refractivity contribution < 1.29 is 14.4 Å². The second-order valence-electron chi connectivity index (χ2n) is 6.27. The molecule has 148 valence electrons. The van der Waals surface area contributed by atoms with Gasteiger partial charge < -0.3 is 5.32 Å². The van der Waals surface area contributed by atoms with Gasteiger partial charge in [-0.1, -0.05) is 61.7 Å². The third-order valence-corrected chi connectivity index (χ3v) is 4.85. The fourth-order valence-electron chi connectivity index (χ4n) is 2.45. The van der Waals surface area contributed by atoms with Gasteiger partial charge in [0.1, 0.15) is 6.04 Å². The lowest BCUT2D eigenvalue weighted by Crippen LogP contribution is -2.54. The Morgan fingerprint density at radius 3 is 2.29 bits per heavy atom. The van der Waals surface area contributed by atoms with Crippen molar-refractivity contribution in [3.05, 3.63) is 69.7 Å². The SMILES string of the molecule is CC[C@@H](C)[C@@H](NC(=O)c1ccccc1)C(=O)NNC(=O)c1cc(Cl)ccc1Cl. The first-order valence-electron chi connectivity index (χ1n) is 8.74. The largest absolute Gasteiger partial charge is 0.340 e. The van der Waals surface area contributed by atoms with E-state index in [1.807, 2.05) is 13.8 Å². The van der Waals surface area contributed by atoms with Gasteiger partial charge in [-0.2, -0.15) is 0 Å². The third-order valence-electron chi connectivity index (χ3n) is 4.29. The van der Waals surface area contributed by atoms with Gasteiger partial charge in [-0.3, -0.25) is 25.2 Å². The molecule has 2 atom stereocenters. The van der Waals surface area contributed by atoms with Gasteiger partial charge in [0.05, 0.1) is 10.6 Å². The minimum absolute atomic E-state index is 0.128. The molecule has 6 nitrogen and oxygen atoms in total. The summed E-state index contributed by atoms with van der Waals surface area (Å²) in [5.74, 6) is -1.67. The third kappa shape index (κ3) is 5.71. The molecule has 0 aromatic heterocycles. The van der Waals surface area contributed by atoms with E-state index in [4.69, 9.17) is 23.2 Å². The molecule has 0 radical (unpaired) electrons. The predicted molar refractivity (Wildman–Crippen MR) is 109 cm³/mol. The van der Waals surface area contributed by atoms with Crippen molar-refractivity contribution in [2.75, 3.05) is 0 Å². The van der Waals surface area contributed by atoms with E-state index in [0.717, 1.165) is 0 Å². The van der Waals surface area contributed by atoms with Crippen molar-refractivity contribution in [2.45, 2.75) is 26.3 Å². The molecule has 3 amide bonds. The van der Waals surface area contributed by atoms with Crippen molar-refractivity contribution in [2.24, 2.45) is 5.92 Å². The first-order valence-corrected chi connectivity index (χ1v) is 9.50. The zero-order valence-corrected chi connectivity index (χ0v) is 17.0. The van der Waals surface area contributed by atoms with Crippen LogP contribution in [0.2, 0.25) is 10.0 Å². The van der Waals surface area contributed by atoms with Crippen molar-refractivity contribution >= 4 is 40.9 Å². The summed E-state index contributed by atoms with van der Waals surface area (Å²) in [4.78, 5) is 37.3. The molecule has 28 heavy (non-hydrogen) atoms. The summed E-state index contributed by atoms with van der Waals surface area (Å²) in [5.41, 5.74) is 5.22. The van der Waals surface area contributed by atoms with Gasteiger partial charge in [0.15, 0.2) is 0 Å². The van der Waals surface area contributed by atoms with Gasteiger partial charge in [0.25, 0.3) is 17.7 Å². The van der Waals surface area contributed by atoms with Crippen molar-refractivity contribution in [3.63, 3.8) is 0 Å². The van der Waals surface area contributed by atoms with Crippen molar-refractivity contribution in [3.8, 4) is 0 Å². The Balaban J connectivity index is 2.05. The van der Waals surface area contributed by atoms with Crippen LogP contribution in [0.5, 0.6) is 0 Å². The van der Waals surface area contributed by atoms with Crippen LogP contribution in [-0.4, -0.2) is 23.8 Å². The zero-order valence-electron chi connectivity index (χ0n) is 15.5. The first kappa shape index (κ1) is 21.7. The Labute approximate surface area is 173 Å². The van der Waals surface area contributed by atoms with Crippen LogP contribution in [0.25, 0.3) is 0 Å². The number of rotatable bonds is 6. The van der Waals surface area contributed by atoms with Crippen molar-refractivity contribution in [1.82, 2.24) is 16.2 Å². The van der Waals surface area contributed by atoms with E-state index in [0.29, 0.717) is 17.0 Å². The maximum absolute atomic E-state index is 12.6. The van der Waals surface area contributed by atoms with Crippen LogP contribution in [0.1, 0.15) is 41.0 Å². The number of benzene rings is 2. The Morgan fingerprint density at radius 2 is 1.64 bits per heavy atom. The maximum Gasteiger partial charge on any atom is 0.271 e. The number of halogens is 2. The molecule has 0 saturated carbocycles. The molecule has 0 heterocycles. The fourth-order valence-corrected chi connectivity index (χ4v) is 2.83. The van der Waals surface area contributed by atoms with E-state index < -0.39 is 17.9 Å². The number of hydrogen-bond donors (Lipinski definition) is 3. The van der Waals surface area contributed by atoms with Crippen LogP contribution in [0.4, 0.5) is 0 Å². The number of amides is 3. The molecule has 0 fully saturated rings. The molecule has 0 bridgehead atoms. The molecule has 3 N–H and O–H groups in total. The average molecular weight is 422 g/mol. The average Bonchev–Trinajstić information content (AvgIpc) is 2.71. The van der Waals surface area contributed by atoms with Crippen LogP contribution in [-0.2, 0) is 4.79 Å². The normalized spacial score (nSPS) is 12.6. The number of carbonyl (C=O) groups is 3. The topological polar surface area (TPSA) is 87.3 Å². The summed E-state index contributed by atoms with van der Waals surface area (Å²) < 4.78 is 0. The van der Waals surface area contributed by atoms with E-state index in [-0.39, 0.29) is 22.4 Å². The number of nitrogens with one attached hydrogen (secondary N) is 3. The van der Waals surface area contributed by atoms with Gasteiger partial charge in [-0.05, 0) is 36.2 Å². The Kier molecular flexibility index (Phi) is 7.84. The molecule has 0 aliphatic rings. The molecule has 0 unspecified atom stereocenters. The summed E-state index contributed by atoms with van der Waals surface area (Å²) in [7, 11) is 0. The Morgan fingerprint density at radius 1 is 0.964 bits per heavy atom. The summed E-state index contributed by atoms with van der Waals surface area (Å²) in [6, 6.07) is 12.2. The summed E-state index contributed by atoms with van der Waals surface area (Å²) in [6.45, 7) is 3.75. The molecule has 0 aliphatic heterocycles. The Hall–Kier alpha value is -2.57. The first-order chi connectivity index (χ1) is 13.3. The molecule has 2 rings (SSSR count). The highest BCUT2D eigenvalue weighted by Crippen LogP contribution is 2.20. The van der Waals surface area contributed by atoms with E-state index in [1.54, 1.807) is 36.4 Å². The second kappa shape index (κ2) is 10.1. The number of carbonyl (C=O) groups excluding carboxylic acids is 3. The second-order valence-corrected chi connectivity index (χ2v) is 7.11. The van der Waals surface area contributed by atoms with Gasteiger partial charge in [0.2, 0.25) is 0 Å². The number of hydrogen-bond acceptors (Lipinski definition) is 3. The molecule has 0 aliphatic carbocycles. The molecule has 0 saturated heterocycles. The van der Waals surface area contributed by atoms with E-state index >= 15 is 0 Å². The lowest BCUT2D eigenvalue weighted by Gasteiger charge is -2.23. The fraction of sp³-hybridized carbons (Fsp3) is 0.250. The lowest BCUT2D eigenvalue weighted by molar-refractivity contribution is -0.124. The highest BCUT2D eigenvalue weighted by atomic mass is 35.5. The van der Waals surface area contributed by atoms with Gasteiger partial charge in [0, 0.05) is 10.6 Å². The summed E-state index contributed by atoms with van der Waals surface area (Å²) >= 11 is 11.9. The molecular weight excluding hydrogens is 401 g/mol. The summed E-state index contributed by atoms with van der Waals surface area (Å²) in [6.07, 6.45) is 0.654. The molecular formula is C20H21Cl2N3O3. The van der Waals surface area contributed by atoms with E-state index in [2.05, 4.69) is 16.2 Å². The molecule has 0 spiro atoms. The molecule has 8 heteroatoms. The quantitative estimate of drug-likeness (QED) is 0.622. The van der Waals surface area contributed by atoms with E-state index in [1.165, 1.54) is 12.1 Å². The molecule has 2 aromatic rings. The standard InChI is InChI=1S/C20H21Cl2N3O3/c1-3-12(2)17(23-18(26)13-7-5-4-6-8-13)20(28)25-24-19(27)15-11-14(21)9-10-16(15)22/h4-12,17H,3H2,1-2H3,(H,23,26)(H,24,27)(H,25,28)/t12-,17-/m1/s1. The maximum atomic E-state index is 12.6. The van der Waals surface area contributed by atoms with Crippen molar-refractivity contribution in [1.29, 1.82) is 0 Å². The van der Waals surface area contributed by atoms with Crippen LogP contribution in [0.3, 0.4) is 0 Å². The minimum atomic E-state index is -0.826. The van der Waals surface area contributed by atoms with Crippen LogP contribution in [0, 0.1) is 5.92 Å². The van der Waals surface area contributed by atoms with Crippen LogP contribution < -0.4 is 16.2 Å². The van der Waals surface area contributed by atoms with Crippen LogP contribution in [0.15, 0.2) is 48.5 Å². The van der Waals surface area contributed by atoms with Gasteiger partial charge in [-0.15, -0.1) is 0 Å². The smallest absolute Gasteiger partial charge is 0.271 e. The predicted octanol–water partition coefficient (Wildman–Crippen LogP) is 3.60. The highest BCUT2D eigenvalue weighted by Gasteiger charge is 2.27. The van der Waals surface area contributed by atoms with E-state index in [9.17, 15) is 14.4 Å². The zero-order chi connectivity index (χ0) is 20.7. The molecule has 2 aromatic carbocycles. The Bertz CT molecular complexity index is 859. The highest BCUT2D eigenvalue weighted by molar-refractivity contribution is 6.35.